The van der Waals surface area contributed by atoms with Crippen LogP contribution in [-0.4, -0.2) is 31.1 Å². The van der Waals surface area contributed by atoms with E-state index in [2.05, 4.69) is 27.8 Å². The Balaban J connectivity index is 2.09. The Hall–Kier alpha value is -2.47. The number of methoxy groups -OCH3 is 1. The van der Waals surface area contributed by atoms with Crippen LogP contribution in [0.1, 0.15) is 29.0 Å². The highest BCUT2D eigenvalue weighted by molar-refractivity contribution is 9.10. The fourth-order valence-electron chi connectivity index (χ4n) is 3.09. The maximum atomic E-state index is 13.0. The van der Waals surface area contributed by atoms with Crippen LogP contribution < -0.4 is 14.8 Å². The van der Waals surface area contributed by atoms with Gasteiger partial charge in [0.15, 0.2) is 11.5 Å². The highest BCUT2D eigenvalue weighted by atomic mass is 79.9. The van der Waals surface area contributed by atoms with Crippen LogP contribution in [0, 0.1) is 0 Å². The van der Waals surface area contributed by atoms with Crippen LogP contribution >= 0.6 is 15.9 Å². The summed E-state index contributed by atoms with van der Waals surface area (Å²) in [6.45, 7) is 6.65. The summed E-state index contributed by atoms with van der Waals surface area (Å²) in [6.07, 6.45) is 1.39. The van der Waals surface area contributed by atoms with E-state index in [-0.39, 0.29) is 12.1 Å². The summed E-state index contributed by atoms with van der Waals surface area (Å²) < 4.78 is 11.9. The van der Waals surface area contributed by atoms with Crippen molar-refractivity contribution in [2.45, 2.75) is 13.1 Å². The number of halogens is 1. The van der Waals surface area contributed by atoms with Crippen molar-refractivity contribution in [2.75, 3.05) is 25.6 Å². The Bertz CT molecular complexity index is 838. The van der Waals surface area contributed by atoms with Crippen LogP contribution in [0.4, 0.5) is 5.69 Å². The number of nitrogens with one attached hydrogen (secondary N) is 1. The van der Waals surface area contributed by atoms with Gasteiger partial charge in [-0.2, -0.15) is 0 Å². The summed E-state index contributed by atoms with van der Waals surface area (Å²) >= 11 is 3.54. The summed E-state index contributed by atoms with van der Waals surface area (Å²) in [6, 6.07) is 11.4. The number of benzene rings is 2. The molecule has 26 heavy (non-hydrogen) atoms. The lowest BCUT2D eigenvalue weighted by molar-refractivity contribution is 0.0707. The molecule has 2 aromatic carbocycles. The number of carbonyl (C=O) groups excluding carboxylic acids is 1. The molecule has 1 unspecified atom stereocenters. The van der Waals surface area contributed by atoms with Crippen molar-refractivity contribution in [3.8, 4) is 11.5 Å². The van der Waals surface area contributed by atoms with E-state index in [4.69, 9.17) is 9.47 Å². The fraction of sp³-hybridized carbons (Fsp3) is 0.250. The Labute approximate surface area is 161 Å². The molecule has 1 N–H and O–H groups in total. The number of nitrogens with zero attached hydrogens (tertiary/aromatic N) is 1. The van der Waals surface area contributed by atoms with Gasteiger partial charge in [0.2, 0.25) is 0 Å². The predicted molar refractivity (Wildman–Crippen MR) is 106 cm³/mol. The standard InChI is InChI=1S/C20H21BrN2O3/c1-4-10-23-19(22-16-9-7-6-8-14(16)20(23)24)13-11-15(21)18(25-3)17(12-13)26-5-2/h4,6-9,11-12,19,22H,1,5,10H2,2-3H3. The molecule has 0 aromatic heterocycles. The maximum Gasteiger partial charge on any atom is 0.258 e. The molecule has 0 saturated heterocycles. The Morgan fingerprint density at radius 2 is 2.12 bits per heavy atom. The van der Waals surface area contributed by atoms with Gasteiger partial charge in [0.05, 0.1) is 23.8 Å². The van der Waals surface area contributed by atoms with Crippen LogP contribution in [0.25, 0.3) is 0 Å². The van der Waals surface area contributed by atoms with Gasteiger partial charge >= 0.3 is 0 Å². The first-order valence-corrected chi connectivity index (χ1v) is 9.17. The number of carbonyl (C=O) groups is 1. The highest BCUT2D eigenvalue weighted by Crippen LogP contribution is 2.41. The molecule has 6 heteroatoms. The van der Waals surface area contributed by atoms with Crippen LogP contribution in [0.15, 0.2) is 53.5 Å². The molecule has 0 aliphatic carbocycles. The van der Waals surface area contributed by atoms with Crippen LogP contribution in [0.3, 0.4) is 0 Å². The SMILES string of the molecule is C=CCN1C(=O)c2ccccc2NC1c1cc(Br)c(OC)c(OCC)c1. The number of fused-ring (bicyclic) bond motifs is 1. The molecule has 1 amide bonds. The summed E-state index contributed by atoms with van der Waals surface area (Å²) in [5.74, 6) is 1.23. The van der Waals surface area contributed by atoms with E-state index in [1.165, 1.54) is 0 Å². The zero-order valence-electron chi connectivity index (χ0n) is 14.8. The van der Waals surface area contributed by atoms with E-state index < -0.39 is 0 Å². The lowest BCUT2D eigenvalue weighted by Gasteiger charge is -2.37. The number of amides is 1. The first-order valence-electron chi connectivity index (χ1n) is 8.38. The van der Waals surface area contributed by atoms with Crippen LogP contribution in [0.5, 0.6) is 11.5 Å². The monoisotopic (exact) mass is 416 g/mol. The van der Waals surface area contributed by atoms with E-state index in [1.807, 2.05) is 43.3 Å². The molecule has 1 heterocycles. The first kappa shape index (κ1) is 18.3. The van der Waals surface area contributed by atoms with E-state index >= 15 is 0 Å². The Kier molecular flexibility index (Phi) is 5.52. The van der Waals surface area contributed by atoms with Gasteiger partial charge in [0, 0.05) is 12.2 Å². The van der Waals surface area contributed by atoms with Gasteiger partial charge < -0.3 is 19.7 Å². The number of ether oxygens (including phenoxy) is 2. The molecule has 1 aliphatic rings. The number of rotatable bonds is 6. The molecule has 1 aliphatic heterocycles. The lowest BCUT2D eigenvalue weighted by atomic mass is 10.0. The second-order valence-electron chi connectivity index (χ2n) is 5.81. The lowest BCUT2D eigenvalue weighted by Crippen LogP contribution is -2.43. The predicted octanol–water partition coefficient (Wildman–Crippen LogP) is 4.61. The van der Waals surface area contributed by atoms with Crippen molar-refractivity contribution in [3.05, 3.63) is 64.7 Å². The number of anilines is 1. The van der Waals surface area contributed by atoms with E-state index in [1.54, 1.807) is 18.1 Å². The number of hydrogen-bond donors (Lipinski definition) is 1. The van der Waals surface area contributed by atoms with Crippen LogP contribution in [-0.2, 0) is 0 Å². The molecule has 2 aromatic rings. The normalized spacial score (nSPS) is 15.9. The zero-order chi connectivity index (χ0) is 18.7. The molecular weight excluding hydrogens is 396 g/mol. The maximum absolute atomic E-state index is 13.0. The zero-order valence-corrected chi connectivity index (χ0v) is 16.4. The molecule has 5 nitrogen and oxygen atoms in total. The van der Waals surface area contributed by atoms with Gasteiger partial charge in [-0.3, -0.25) is 4.79 Å². The third-order valence-electron chi connectivity index (χ3n) is 4.20. The molecule has 0 radical (unpaired) electrons. The second kappa shape index (κ2) is 7.83. The van der Waals surface area contributed by atoms with Gasteiger partial charge in [-0.05, 0) is 52.7 Å². The minimum atomic E-state index is -0.336. The van der Waals surface area contributed by atoms with Crippen molar-refractivity contribution in [1.29, 1.82) is 0 Å². The van der Waals surface area contributed by atoms with Crippen LogP contribution in [0.2, 0.25) is 0 Å². The van der Waals surface area contributed by atoms with Crippen molar-refractivity contribution >= 4 is 27.5 Å². The third-order valence-corrected chi connectivity index (χ3v) is 4.79. The van der Waals surface area contributed by atoms with Gasteiger partial charge in [-0.25, -0.2) is 0 Å². The van der Waals surface area contributed by atoms with Crippen molar-refractivity contribution < 1.29 is 14.3 Å². The smallest absolute Gasteiger partial charge is 0.258 e. The van der Waals surface area contributed by atoms with Crippen molar-refractivity contribution in [2.24, 2.45) is 0 Å². The van der Waals surface area contributed by atoms with E-state index in [0.29, 0.717) is 30.2 Å². The minimum absolute atomic E-state index is 0.0332. The van der Waals surface area contributed by atoms with Crippen molar-refractivity contribution in [3.63, 3.8) is 0 Å². The van der Waals surface area contributed by atoms with E-state index in [0.717, 1.165) is 15.7 Å². The molecule has 1 atom stereocenters. The number of para-hydroxylation sites is 1. The quantitative estimate of drug-likeness (QED) is 0.698. The summed E-state index contributed by atoms with van der Waals surface area (Å²) in [4.78, 5) is 14.7. The molecule has 0 fully saturated rings. The topological polar surface area (TPSA) is 50.8 Å². The highest BCUT2D eigenvalue weighted by Gasteiger charge is 2.32. The fourth-order valence-corrected chi connectivity index (χ4v) is 3.71. The molecule has 0 saturated carbocycles. The first-order chi connectivity index (χ1) is 12.6. The summed E-state index contributed by atoms with van der Waals surface area (Å²) in [5.41, 5.74) is 2.36. The molecule has 0 bridgehead atoms. The van der Waals surface area contributed by atoms with E-state index in [9.17, 15) is 4.79 Å². The molecule has 3 rings (SSSR count). The van der Waals surface area contributed by atoms with Gasteiger partial charge in [0.25, 0.3) is 5.91 Å². The number of hydrogen-bond acceptors (Lipinski definition) is 4. The average Bonchev–Trinajstić information content (AvgIpc) is 2.64. The third kappa shape index (κ3) is 3.29. The minimum Gasteiger partial charge on any atom is -0.492 e. The Morgan fingerprint density at radius 1 is 1.35 bits per heavy atom. The Morgan fingerprint density at radius 3 is 2.81 bits per heavy atom. The molecule has 0 spiro atoms. The largest absolute Gasteiger partial charge is 0.492 e. The molecule has 136 valence electrons. The average molecular weight is 417 g/mol. The molecular formula is C20H21BrN2O3. The second-order valence-corrected chi connectivity index (χ2v) is 6.66. The van der Waals surface area contributed by atoms with Gasteiger partial charge in [-0.1, -0.05) is 18.2 Å². The van der Waals surface area contributed by atoms with Crippen molar-refractivity contribution in [1.82, 2.24) is 4.90 Å². The summed E-state index contributed by atoms with van der Waals surface area (Å²) in [7, 11) is 1.60. The van der Waals surface area contributed by atoms with Gasteiger partial charge in [0.1, 0.15) is 6.17 Å². The van der Waals surface area contributed by atoms with Gasteiger partial charge in [-0.15, -0.1) is 6.58 Å². The summed E-state index contributed by atoms with van der Waals surface area (Å²) in [5, 5.41) is 3.45.